The molecule has 0 heterocycles. The third-order valence-electron chi connectivity index (χ3n) is 3.99. The Morgan fingerprint density at radius 1 is 1.12 bits per heavy atom. The van der Waals surface area contributed by atoms with E-state index in [-0.39, 0.29) is 16.2 Å². The molecule has 0 amide bonds. The molecular formula is C16H10Cl3F3O4. The van der Waals surface area contributed by atoms with E-state index in [1.165, 1.54) is 6.92 Å². The minimum atomic E-state index is -4.74. The normalized spacial score (nSPS) is 20.8. The lowest BCUT2D eigenvalue weighted by Crippen LogP contribution is -2.38. The molecule has 1 aromatic rings. The summed E-state index contributed by atoms with van der Waals surface area (Å²) in [5.74, 6) is -2.98. The van der Waals surface area contributed by atoms with Gasteiger partial charge in [0, 0.05) is 22.0 Å². The van der Waals surface area contributed by atoms with Crippen LogP contribution < -0.4 is 0 Å². The van der Waals surface area contributed by atoms with Crippen molar-refractivity contribution in [1.29, 1.82) is 0 Å². The van der Waals surface area contributed by atoms with E-state index in [1.807, 2.05) is 0 Å². The topological polar surface area (TPSA) is 74.6 Å². The Hall–Kier alpha value is -1.70. The number of benzene rings is 1. The maximum atomic E-state index is 12.9. The molecule has 4 nitrogen and oxygen atoms in total. The van der Waals surface area contributed by atoms with E-state index in [1.54, 1.807) is 0 Å². The zero-order chi connectivity index (χ0) is 20.0. The first-order valence-corrected chi connectivity index (χ1v) is 8.06. The fourth-order valence-corrected chi connectivity index (χ4v) is 3.84. The largest absolute Gasteiger partial charge is 0.480 e. The van der Waals surface area contributed by atoms with Crippen LogP contribution in [0.4, 0.5) is 13.2 Å². The molecule has 1 aliphatic carbocycles. The molecule has 0 aliphatic heterocycles. The standard InChI is InChI=1S/C16H10Cl3F3O4/c1-6-4-15(14(25)26,5-8(12(6)19)13(23)24)11-9(17)2-7(3-10(11)18)16(20,21)22/h2-4H,5H2,1H3,(H,23,24)(H,25,26). The second-order valence-electron chi connectivity index (χ2n) is 5.69. The molecule has 140 valence electrons. The molecule has 1 aliphatic rings. The van der Waals surface area contributed by atoms with Crippen LogP contribution >= 0.6 is 34.8 Å². The highest BCUT2D eigenvalue weighted by Crippen LogP contribution is 2.48. The van der Waals surface area contributed by atoms with Crippen molar-refractivity contribution in [2.45, 2.75) is 24.9 Å². The van der Waals surface area contributed by atoms with Gasteiger partial charge in [0.1, 0.15) is 5.41 Å². The summed E-state index contributed by atoms with van der Waals surface area (Å²) in [7, 11) is 0. The SMILES string of the molecule is CC1=CC(C(=O)O)(c2c(Cl)cc(C(F)(F)F)cc2Cl)CC(C(=O)O)=C1Cl. The first-order valence-electron chi connectivity index (χ1n) is 6.93. The van der Waals surface area contributed by atoms with Gasteiger partial charge in [0.15, 0.2) is 0 Å². The van der Waals surface area contributed by atoms with Crippen molar-refractivity contribution in [3.63, 3.8) is 0 Å². The molecule has 1 aromatic carbocycles. The summed E-state index contributed by atoms with van der Waals surface area (Å²) in [6, 6.07) is 1.11. The molecule has 26 heavy (non-hydrogen) atoms. The molecule has 10 heteroatoms. The highest BCUT2D eigenvalue weighted by Gasteiger charge is 2.47. The minimum Gasteiger partial charge on any atom is -0.480 e. The lowest BCUT2D eigenvalue weighted by molar-refractivity contribution is -0.142. The second-order valence-corrected chi connectivity index (χ2v) is 6.88. The predicted octanol–water partition coefficient (Wildman–Crippen LogP) is 5.26. The zero-order valence-corrected chi connectivity index (χ0v) is 15.2. The summed E-state index contributed by atoms with van der Waals surface area (Å²) in [6.07, 6.45) is -4.22. The molecule has 2 rings (SSSR count). The van der Waals surface area contributed by atoms with E-state index in [4.69, 9.17) is 34.8 Å². The van der Waals surface area contributed by atoms with Crippen LogP contribution in [0.1, 0.15) is 24.5 Å². The number of halogens is 6. The average Bonchev–Trinajstić information content (AvgIpc) is 2.48. The molecule has 1 unspecified atom stereocenters. The molecule has 1 atom stereocenters. The Morgan fingerprint density at radius 3 is 2.00 bits per heavy atom. The van der Waals surface area contributed by atoms with Gasteiger partial charge >= 0.3 is 18.1 Å². The maximum Gasteiger partial charge on any atom is 0.416 e. The molecule has 0 saturated carbocycles. The second kappa shape index (κ2) is 6.79. The van der Waals surface area contributed by atoms with E-state index < -0.39 is 51.1 Å². The van der Waals surface area contributed by atoms with Gasteiger partial charge in [-0.3, -0.25) is 4.79 Å². The number of alkyl halides is 3. The zero-order valence-electron chi connectivity index (χ0n) is 12.9. The number of carboxylic acid groups (broad SMARTS) is 2. The van der Waals surface area contributed by atoms with Crippen molar-refractivity contribution >= 4 is 46.7 Å². The predicted molar refractivity (Wildman–Crippen MR) is 89.7 cm³/mol. The van der Waals surface area contributed by atoms with Gasteiger partial charge in [0.2, 0.25) is 0 Å². The summed E-state index contributed by atoms with van der Waals surface area (Å²) in [4.78, 5) is 23.5. The van der Waals surface area contributed by atoms with Crippen LogP contribution in [0, 0.1) is 0 Å². The van der Waals surface area contributed by atoms with E-state index in [9.17, 15) is 33.0 Å². The van der Waals surface area contributed by atoms with Crippen molar-refractivity contribution < 1.29 is 33.0 Å². The molecule has 0 fully saturated rings. The summed E-state index contributed by atoms with van der Waals surface area (Å²) in [5.41, 5.74) is -3.83. The van der Waals surface area contributed by atoms with E-state index in [0.717, 1.165) is 6.08 Å². The third kappa shape index (κ3) is 3.43. The highest BCUT2D eigenvalue weighted by molar-refractivity contribution is 6.37. The highest BCUT2D eigenvalue weighted by atomic mass is 35.5. The van der Waals surface area contributed by atoms with Gasteiger partial charge in [-0.2, -0.15) is 13.2 Å². The van der Waals surface area contributed by atoms with Gasteiger partial charge in [-0.25, -0.2) is 4.79 Å². The van der Waals surface area contributed by atoms with Crippen molar-refractivity contribution in [2.75, 3.05) is 0 Å². The Balaban J connectivity index is 2.79. The Kier molecular flexibility index (Phi) is 5.38. The van der Waals surface area contributed by atoms with Gasteiger partial charge in [-0.15, -0.1) is 0 Å². The van der Waals surface area contributed by atoms with Crippen LogP contribution in [0.3, 0.4) is 0 Å². The van der Waals surface area contributed by atoms with E-state index >= 15 is 0 Å². The van der Waals surface area contributed by atoms with Gasteiger partial charge in [-0.05, 0) is 24.6 Å². The number of carbonyl (C=O) groups is 2. The molecule has 0 bridgehead atoms. The van der Waals surface area contributed by atoms with Gasteiger partial charge in [-0.1, -0.05) is 40.9 Å². The van der Waals surface area contributed by atoms with Gasteiger partial charge in [0.05, 0.1) is 16.2 Å². The van der Waals surface area contributed by atoms with Crippen LogP contribution in [0.15, 0.2) is 34.4 Å². The maximum absolute atomic E-state index is 12.9. The fraction of sp³-hybridized carbons (Fsp3) is 0.250. The first kappa shape index (κ1) is 20.6. The molecular weight excluding hydrogens is 420 g/mol. The van der Waals surface area contributed by atoms with Crippen LogP contribution in [0.25, 0.3) is 0 Å². The summed E-state index contributed by atoms with van der Waals surface area (Å²) in [6.45, 7) is 1.38. The molecule has 0 radical (unpaired) electrons. The monoisotopic (exact) mass is 428 g/mol. The lowest BCUT2D eigenvalue weighted by Gasteiger charge is -2.33. The van der Waals surface area contributed by atoms with Crippen molar-refractivity contribution in [3.05, 3.63) is 55.6 Å². The third-order valence-corrected chi connectivity index (χ3v) is 5.11. The quantitative estimate of drug-likeness (QED) is 0.687. The van der Waals surface area contributed by atoms with Crippen LogP contribution in [0.5, 0.6) is 0 Å². The minimum absolute atomic E-state index is 0.129. The molecule has 0 saturated heterocycles. The van der Waals surface area contributed by atoms with Gasteiger partial charge < -0.3 is 10.2 Å². The first-order chi connectivity index (χ1) is 11.8. The number of rotatable bonds is 3. The van der Waals surface area contributed by atoms with Crippen LogP contribution in [-0.2, 0) is 21.2 Å². The molecule has 2 N–H and O–H groups in total. The number of carboxylic acids is 2. The molecule has 0 aromatic heterocycles. The summed E-state index contributed by atoms with van der Waals surface area (Å²) in [5, 5.41) is 17.9. The average molecular weight is 430 g/mol. The van der Waals surface area contributed by atoms with E-state index in [0.29, 0.717) is 12.1 Å². The number of allylic oxidation sites excluding steroid dienone is 2. The number of aliphatic carboxylic acids is 2. The Bertz CT molecular complexity index is 851. The fourth-order valence-electron chi connectivity index (χ4n) is 2.82. The van der Waals surface area contributed by atoms with Crippen LogP contribution in [0.2, 0.25) is 10.0 Å². The molecule has 0 spiro atoms. The van der Waals surface area contributed by atoms with Crippen LogP contribution in [-0.4, -0.2) is 22.2 Å². The van der Waals surface area contributed by atoms with Crippen molar-refractivity contribution in [3.8, 4) is 0 Å². The smallest absolute Gasteiger partial charge is 0.416 e. The number of hydrogen-bond donors (Lipinski definition) is 2. The summed E-state index contributed by atoms with van der Waals surface area (Å²) < 4.78 is 38.7. The van der Waals surface area contributed by atoms with Crippen molar-refractivity contribution in [2.24, 2.45) is 0 Å². The Morgan fingerprint density at radius 2 is 1.62 bits per heavy atom. The Labute approximate surface area is 160 Å². The van der Waals surface area contributed by atoms with Gasteiger partial charge in [0.25, 0.3) is 0 Å². The summed E-state index contributed by atoms with van der Waals surface area (Å²) >= 11 is 17.8. The lowest BCUT2D eigenvalue weighted by atomic mass is 9.71. The van der Waals surface area contributed by atoms with Crippen molar-refractivity contribution in [1.82, 2.24) is 0 Å². The number of hydrogen-bond acceptors (Lipinski definition) is 2. The van der Waals surface area contributed by atoms with E-state index in [2.05, 4.69) is 0 Å².